The average molecular weight is 552 g/mol. The summed E-state index contributed by atoms with van der Waals surface area (Å²) in [6.07, 6.45) is 2.00. The highest BCUT2D eigenvalue weighted by Crippen LogP contribution is 2.24. The molecule has 0 N–H and O–H groups in total. The molecule has 0 saturated carbocycles. The second kappa shape index (κ2) is 11.5. The fraction of sp³-hybridized carbons (Fsp3) is 0.304. The van der Waals surface area contributed by atoms with Crippen LogP contribution in [0.4, 0.5) is 29.7 Å². The normalized spacial score (nSPS) is 19.1. The van der Waals surface area contributed by atoms with E-state index in [9.17, 15) is 26.8 Å². The third kappa shape index (κ3) is 7.23. The molecule has 15 heteroatoms. The lowest BCUT2D eigenvalue weighted by atomic mass is 10.2. The zero-order valence-electron chi connectivity index (χ0n) is 20.0. The maximum atomic E-state index is 13.1. The van der Waals surface area contributed by atoms with Gasteiger partial charge >= 0.3 is 12.2 Å². The van der Waals surface area contributed by atoms with Gasteiger partial charge in [-0.25, -0.2) is 23.1 Å². The summed E-state index contributed by atoms with van der Waals surface area (Å²) in [4.78, 5) is 26.0. The fourth-order valence-corrected chi connectivity index (χ4v) is 4.07. The highest BCUT2D eigenvalue weighted by atomic mass is 32.2. The number of hydrogen-bond donors (Lipinski definition) is 0. The molecule has 3 heterocycles. The summed E-state index contributed by atoms with van der Waals surface area (Å²) in [5.74, 6) is -0.855. The standard InChI is InChI=1S/C12H11FN4O2.C11H12FNO5S/c13-9-2-1-3-10(6-9)17-8-11(19-12(17)18)7-16-5-4-14-15-16;1-19(15,16)17-7-10-6-13(11(14)18-10)9-4-2-3-8(12)5-9/h1-6,11H,7-8H2;2-5,10H,6-7H2,1H3/t11-;10-/m01/s1. The molecule has 2 aliphatic rings. The molecule has 0 radical (unpaired) electrons. The van der Waals surface area contributed by atoms with Gasteiger partial charge in [-0.05, 0) is 36.4 Å². The minimum Gasteiger partial charge on any atom is -0.442 e. The monoisotopic (exact) mass is 551 g/mol. The Hall–Kier alpha value is -4.11. The van der Waals surface area contributed by atoms with Crippen LogP contribution >= 0.6 is 0 Å². The van der Waals surface area contributed by atoms with E-state index in [-0.39, 0.29) is 25.1 Å². The van der Waals surface area contributed by atoms with Crippen molar-refractivity contribution in [3.63, 3.8) is 0 Å². The number of benzene rings is 2. The minimum atomic E-state index is -3.59. The first-order chi connectivity index (χ1) is 18.1. The molecule has 5 rings (SSSR count). The first-order valence-electron chi connectivity index (χ1n) is 11.2. The highest BCUT2D eigenvalue weighted by molar-refractivity contribution is 7.85. The number of ether oxygens (including phenoxy) is 2. The van der Waals surface area contributed by atoms with Crippen molar-refractivity contribution >= 4 is 33.7 Å². The van der Waals surface area contributed by atoms with Gasteiger partial charge in [0, 0.05) is 6.20 Å². The van der Waals surface area contributed by atoms with Crippen molar-refractivity contribution in [2.24, 2.45) is 0 Å². The lowest BCUT2D eigenvalue weighted by molar-refractivity contribution is 0.107. The predicted molar refractivity (Wildman–Crippen MR) is 129 cm³/mol. The van der Waals surface area contributed by atoms with Crippen LogP contribution in [-0.2, 0) is 30.3 Å². The van der Waals surface area contributed by atoms with Crippen LogP contribution in [0.15, 0.2) is 60.9 Å². The molecule has 2 aromatic carbocycles. The summed E-state index contributed by atoms with van der Waals surface area (Å²) >= 11 is 0. The maximum absolute atomic E-state index is 13.1. The molecule has 3 aromatic rings. The van der Waals surface area contributed by atoms with Crippen LogP contribution in [0.25, 0.3) is 0 Å². The first kappa shape index (κ1) is 26.9. The summed E-state index contributed by atoms with van der Waals surface area (Å²) in [7, 11) is -3.59. The number of hydrogen-bond acceptors (Lipinski definition) is 9. The van der Waals surface area contributed by atoms with Gasteiger partial charge in [-0.3, -0.25) is 14.0 Å². The Morgan fingerprint density at radius 2 is 1.50 bits per heavy atom. The van der Waals surface area contributed by atoms with E-state index in [0.717, 1.165) is 6.26 Å². The van der Waals surface area contributed by atoms with Crippen LogP contribution in [0, 0.1) is 11.6 Å². The molecule has 0 unspecified atom stereocenters. The molecular weight excluding hydrogens is 528 g/mol. The third-order valence-electron chi connectivity index (χ3n) is 5.32. The van der Waals surface area contributed by atoms with Gasteiger partial charge in [0.2, 0.25) is 0 Å². The second-order valence-corrected chi connectivity index (χ2v) is 9.95. The summed E-state index contributed by atoms with van der Waals surface area (Å²) in [5, 5.41) is 7.49. The molecule has 202 valence electrons. The number of carbonyl (C=O) groups excluding carboxylic acids is 2. The SMILES string of the molecule is CS(=O)(=O)OC[C@H]1CN(c2cccc(F)c2)C(=O)O1.O=C1O[C@@H](Cn2ccnn2)CN1c1cccc(F)c1. The number of carbonyl (C=O) groups is 2. The molecule has 2 fully saturated rings. The Kier molecular flexibility index (Phi) is 8.16. The molecular formula is C23H23F2N5O7S. The van der Waals surface area contributed by atoms with Crippen LogP contribution in [0.1, 0.15) is 0 Å². The molecule has 2 saturated heterocycles. The zero-order chi connectivity index (χ0) is 27.3. The van der Waals surface area contributed by atoms with Crippen molar-refractivity contribution in [3.8, 4) is 0 Å². The van der Waals surface area contributed by atoms with Crippen molar-refractivity contribution in [1.29, 1.82) is 0 Å². The van der Waals surface area contributed by atoms with Gasteiger partial charge in [0.05, 0.1) is 43.5 Å². The molecule has 2 amide bonds. The van der Waals surface area contributed by atoms with E-state index in [2.05, 4.69) is 14.5 Å². The van der Waals surface area contributed by atoms with Crippen LogP contribution in [0.2, 0.25) is 0 Å². The van der Waals surface area contributed by atoms with Crippen LogP contribution < -0.4 is 9.80 Å². The molecule has 1 aromatic heterocycles. The van der Waals surface area contributed by atoms with Gasteiger partial charge in [0.15, 0.2) is 0 Å². The molecule has 0 aliphatic carbocycles. The lowest BCUT2D eigenvalue weighted by Crippen LogP contribution is -2.26. The number of nitrogens with zero attached hydrogens (tertiary/aromatic N) is 5. The highest BCUT2D eigenvalue weighted by Gasteiger charge is 2.34. The van der Waals surface area contributed by atoms with Crippen molar-refractivity contribution in [3.05, 3.63) is 72.6 Å². The van der Waals surface area contributed by atoms with E-state index < -0.39 is 34.2 Å². The number of halogens is 2. The van der Waals surface area contributed by atoms with Gasteiger partial charge in [-0.2, -0.15) is 8.42 Å². The van der Waals surface area contributed by atoms with Crippen molar-refractivity contribution < 1.29 is 40.4 Å². The first-order valence-corrected chi connectivity index (χ1v) is 13.0. The van der Waals surface area contributed by atoms with Crippen LogP contribution in [-0.4, -0.2) is 73.8 Å². The fourth-order valence-electron chi connectivity index (χ4n) is 3.67. The van der Waals surface area contributed by atoms with Gasteiger partial charge < -0.3 is 9.47 Å². The van der Waals surface area contributed by atoms with Crippen molar-refractivity contribution in [2.45, 2.75) is 18.8 Å². The second-order valence-electron chi connectivity index (χ2n) is 8.31. The summed E-state index contributed by atoms with van der Waals surface area (Å²) in [6.45, 7) is 0.647. The summed E-state index contributed by atoms with van der Waals surface area (Å²) in [5.41, 5.74) is 0.845. The van der Waals surface area contributed by atoms with Gasteiger partial charge in [-0.1, -0.05) is 17.3 Å². The van der Waals surface area contributed by atoms with Gasteiger partial charge in [-0.15, -0.1) is 5.10 Å². The Labute approximate surface area is 216 Å². The van der Waals surface area contributed by atoms with Crippen molar-refractivity contribution in [2.75, 3.05) is 35.8 Å². The molecule has 12 nitrogen and oxygen atoms in total. The Morgan fingerprint density at radius 1 is 0.947 bits per heavy atom. The minimum absolute atomic E-state index is 0.109. The van der Waals surface area contributed by atoms with Crippen LogP contribution in [0.5, 0.6) is 0 Å². The van der Waals surface area contributed by atoms with Crippen molar-refractivity contribution in [1.82, 2.24) is 15.0 Å². The van der Waals surface area contributed by atoms with Crippen LogP contribution in [0.3, 0.4) is 0 Å². The van der Waals surface area contributed by atoms with E-state index in [1.165, 1.54) is 40.1 Å². The van der Waals surface area contributed by atoms with E-state index in [4.69, 9.17) is 9.47 Å². The van der Waals surface area contributed by atoms with E-state index >= 15 is 0 Å². The average Bonchev–Trinajstić information content (AvgIpc) is 3.58. The zero-order valence-corrected chi connectivity index (χ0v) is 20.8. The molecule has 0 bridgehead atoms. The Morgan fingerprint density at radius 3 is 2.00 bits per heavy atom. The third-order valence-corrected chi connectivity index (χ3v) is 5.88. The Bertz CT molecular complexity index is 1390. The predicted octanol–water partition coefficient (Wildman–Crippen LogP) is 2.57. The summed E-state index contributed by atoms with van der Waals surface area (Å²) < 4.78 is 64.2. The quantitative estimate of drug-likeness (QED) is 0.406. The molecule has 2 aliphatic heterocycles. The number of anilines is 2. The number of cyclic esters (lactones) is 2. The maximum Gasteiger partial charge on any atom is 0.414 e. The number of aromatic nitrogens is 3. The molecule has 2 atom stereocenters. The topological polar surface area (TPSA) is 133 Å². The largest absolute Gasteiger partial charge is 0.442 e. The smallest absolute Gasteiger partial charge is 0.414 e. The van der Waals surface area contributed by atoms with E-state index in [0.29, 0.717) is 24.5 Å². The number of rotatable bonds is 7. The molecule has 0 spiro atoms. The Balaban J connectivity index is 0.000000177. The molecule has 38 heavy (non-hydrogen) atoms. The lowest BCUT2D eigenvalue weighted by Gasteiger charge is -2.12. The summed E-state index contributed by atoms with van der Waals surface area (Å²) in [6, 6.07) is 11.3. The van der Waals surface area contributed by atoms with E-state index in [1.807, 2.05) is 0 Å². The number of amides is 2. The van der Waals surface area contributed by atoms with Gasteiger partial charge in [0.25, 0.3) is 10.1 Å². The van der Waals surface area contributed by atoms with Gasteiger partial charge in [0.1, 0.15) is 30.4 Å². The van der Waals surface area contributed by atoms with E-state index in [1.54, 1.807) is 35.3 Å².